The highest BCUT2D eigenvalue weighted by molar-refractivity contribution is 5.18. The predicted octanol–water partition coefficient (Wildman–Crippen LogP) is 3.15. The van der Waals surface area contributed by atoms with Crippen LogP contribution in [0.2, 0.25) is 0 Å². The van der Waals surface area contributed by atoms with Crippen LogP contribution in [0.5, 0.6) is 0 Å². The zero-order valence-electron chi connectivity index (χ0n) is 10.6. The lowest BCUT2D eigenvalue weighted by molar-refractivity contribution is 0.157. The number of nitrogens with one attached hydrogen (secondary N) is 1. The molecule has 1 rings (SSSR count). The first-order chi connectivity index (χ1) is 7.77. The Labute approximate surface area is 99.0 Å². The van der Waals surface area contributed by atoms with Gasteiger partial charge in [0.15, 0.2) is 0 Å². The SMILES string of the molecule is CCCC(COC)NC(C)c1ccccc1. The van der Waals surface area contributed by atoms with Crippen LogP contribution in [0.25, 0.3) is 0 Å². The molecule has 1 N–H and O–H groups in total. The first-order valence-corrected chi connectivity index (χ1v) is 6.07. The van der Waals surface area contributed by atoms with Crippen LogP contribution < -0.4 is 5.32 Å². The summed E-state index contributed by atoms with van der Waals surface area (Å²) in [4.78, 5) is 0. The molecule has 0 aliphatic carbocycles. The van der Waals surface area contributed by atoms with E-state index in [1.807, 2.05) is 0 Å². The molecular formula is C14H23NO. The van der Waals surface area contributed by atoms with Gasteiger partial charge >= 0.3 is 0 Å². The summed E-state index contributed by atoms with van der Waals surface area (Å²) in [5, 5.41) is 3.61. The smallest absolute Gasteiger partial charge is 0.0616 e. The van der Waals surface area contributed by atoms with E-state index >= 15 is 0 Å². The van der Waals surface area contributed by atoms with E-state index in [4.69, 9.17) is 4.74 Å². The molecule has 2 unspecified atom stereocenters. The van der Waals surface area contributed by atoms with Crippen LogP contribution in [0.4, 0.5) is 0 Å². The molecule has 0 fully saturated rings. The van der Waals surface area contributed by atoms with Gasteiger partial charge < -0.3 is 10.1 Å². The van der Waals surface area contributed by atoms with E-state index in [0.717, 1.165) is 13.0 Å². The number of ether oxygens (including phenoxy) is 1. The second kappa shape index (κ2) is 7.42. The van der Waals surface area contributed by atoms with Crippen molar-refractivity contribution in [3.8, 4) is 0 Å². The molecule has 0 amide bonds. The highest BCUT2D eigenvalue weighted by Gasteiger charge is 2.11. The van der Waals surface area contributed by atoms with Gasteiger partial charge in [-0.15, -0.1) is 0 Å². The third-order valence-electron chi connectivity index (χ3n) is 2.79. The number of methoxy groups -OCH3 is 1. The lowest BCUT2D eigenvalue weighted by Crippen LogP contribution is -2.35. The first kappa shape index (κ1) is 13.2. The van der Waals surface area contributed by atoms with Crippen LogP contribution in [-0.2, 0) is 4.74 Å². The van der Waals surface area contributed by atoms with E-state index in [0.29, 0.717) is 12.1 Å². The predicted molar refractivity (Wildman–Crippen MR) is 68.6 cm³/mol. The van der Waals surface area contributed by atoms with Crippen LogP contribution in [0.1, 0.15) is 38.3 Å². The van der Waals surface area contributed by atoms with Crippen molar-refractivity contribution in [1.82, 2.24) is 5.32 Å². The molecule has 2 atom stereocenters. The van der Waals surface area contributed by atoms with Crippen LogP contribution >= 0.6 is 0 Å². The van der Waals surface area contributed by atoms with Crippen molar-refractivity contribution < 1.29 is 4.74 Å². The molecule has 0 saturated carbocycles. The lowest BCUT2D eigenvalue weighted by atomic mass is 10.1. The minimum absolute atomic E-state index is 0.382. The maximum atomic E-state index is 5.23. The Kier molecular flexibility index (Phi) is 6.12. The molecule has 2 nitrogen and oxygen atoms in total. The molecular weight excluding hydrogens is 198 g/mol. The fourth-order valence-electron chi connectivity index (χ4n) is 1.96. The topological polar surface area (TPSA) is 21.3 Å². The highest BCUT2D eigenvalue weighted by Crippen LogP contribution is 2.13. The Bertz CT molecular complexity index is 267. The number of rotatable bonds is 7. The van der Waals surface area contributed by atoms with E-state index in [9.17, 15) is 0 Å². The zero-order chi connectivity index (χ0) is 11.8. The van der Waals surface area contributed by atoms with Crippen molar-refractivity contribution in [1.29, 1.82) is 0 Å². The normalized spacial score (nSPS) is 14.7. The molecule has 0 bridgehead atoms. The van der Waals surface area contributed by atoms with Gasteiger partial charge in [0, 0.05) is 19.2 Å². The molecule has 0 aliphatic heterocycles. The molecule has 0 spiro atoms. The van der Waals surface area contributed by atoms with E-state index < -0.39 is 0 Å². The van der Waals surface area contributed by atoms with Crippen LogP contribution in [0.3, 0.4) is 0 Å². The van der Waals surface area contributed by atoms with Crippen molar-refractivity contribution >= 4 is 0 Å². The summed E-state index contributed by atoms with van der Waals surface area (Å²) in [5.41, 5.74) is 1.33. The molecule has 0 aliphatic rings. The molecule has 0 radical (unpaired) electrons. The second-order valence-corrected chi connectivity index (χ2v) is 4.24. The second-order valence-electron chi connectivity index (χ2n) is 4.24. The van der Waals surface area contributed by atoms with E-state index in [1.165, 1.54) is 12.0 Å². The molecule has 1 aromatic rings. The third kappa shape index (κ3) is 4.33. The van der Waals surface area contributed by atoms with Crippen LogP contribution in [0, 0.1) is 0 Å². The van der Waals surface area contributed by atoms with Gasteiger partial charge in [-0.3, -0.25) is 0 Å². The van der Waals surface area contributed by atoms with Gasteiger partial charge in [0.05, 0.1) is 6.61 Å². The summed E-state index contributed by atoms with van der Waals surface area (Å²) in [6.07, 6.45) is 2.34. The minimum Gasteiger partial charge on any atom is -0.383 e. The Balaban J connectivity index is 2.50. The molecule has 0 heterocycles. The van der Waals surface area contributed by atoms with Crippen molar-refractivity contribution in [2.75, 3.05) is 13.7 Å². The van der Waals surface area contributed by atoms with Crippen molar-refractivity contribution in [2.45, 2.75) is 38.8 Å². The van der Waals surface area contributed by atoms with Gasteiger partial charge in [0.25, 0.3) is 0 Å². The largest absolute Gasteiger partial charge is 0.383 e. The van der Waals surface area contributed by atoms with Crippen molar-refractivity contribution in [3.63, 3.8) is 0 Å². The number of benzene rings is 1. The Morgan fingerprint density at radius 1 is 1.25 bits per heavy atom. The molecule has 90 valence electrons. The van der Waals surface area contributed by atoms with Crippen LogP contribution in [0.15, 0.2) is 30.3 Å². The summed E-state index contributed by atoms with van der Waals surface area (Å²) in [6.45, 7) is 5.19. The zero-order valence-corrected chi connectivity index (χ0v) is 10.6. The van der Waals surface area contributed by atoms with Gasteiger partial charge in [-0.25, -0.2) is 0 Å². The van der Waals surface area contributed by atoms with Crippen molar-refractivity contribution in [2.24, 2.45) is 0 Å². The summed E-state index contributed by atoms with van der Waals surface area (Å²) in [7, 11) is 1.76. The van der Waals surface area contributed by atoms with Gasteiger partial charge in [-0.2, -0.15) is 0 Å². The summed E-state index contributed by atoms with van der Waals surface area (Å²) in [6, 6.07) is 11.4. The summed E-state index contributed by atoms with van der Waals surface area (Å²) < 4.78 is 5.23. The average molecular weight is 221 g/mol. The van der Waals surface area contributed by atoms with Gasteiger partial charge in [0.2, 0.25) is 0 Å². The fourth-order valence-corrected chi connectivity index (χ4v) is 1.96. The summed E-state index contributed by atoms with van der Waals surface area (Å²) in [5.74, 6) is 0. The van der Waals surface area contributed by atoms with Gasteiger partial charge in [0.1, 0.15) is 0 Å². The van der Waals surface area contributed by atoms with Gasteiger partial charge in [-0.05, 0) is 18.9 Å². The van der Waals surface area contributed by atoms with Gasteiger partial charge in [-0.1, -0.05) is 43.7 Å². The minimum atomic E-state index is 0.382. The lowest BCUT2D eigenvalue weighted by Gasteiger charge is -2.22. The molecule has 2 heteroatoms. The first-order valence-electron chi connectivity index (χ1n) is 6.07. The van der Waals surface area contributed by atoms with Crippen LogP contribution in [-0.4, -0.2) is 19.8 Å². The molecule has 1 aromatic carbocycles. The van der Waals surface area contributed by atoms with Crippen molar-refractivity contribution in [3.05, 3.63) is 35.9 Å². The van der Waals surface area contributed by atoms with E-state index in [2.05, 4.69) is 49.5 Å². The van der Waals surface area contributed by atoms with E-state index in [-0.39, 0.29) is 0 Å². The standard InChI is InChI=1S/C14H23NO/c1-4-8-14(11-16-3)15-12(2)13-9-6-5-7-10-13/h5-7,9-10,12,14-15H,4,8,11H2,1-3H3. The monoisotopic (exact) mass is 221 g/mol. The maximum absolute atomic E-state index is 5.23. The van der Waals surface area contributed by atoms with E-state index in [1.54, 1.807) is 7.11 Å². The summed E-state index contributed by atoms with van der Waals surface area (Å²) >= 11 is 0. The average Bonchev–Trinajstić information content (AvgIpc) is 2.31. The number of hydrogen-bond acceptors (Lipinski definition) is 2. The molecule has 0 aromatic heterocycles. The Morgan fingerprint density at radius 2 is 1.94 bits per heavy atom. The third-order valence-corrected chi connectivity index (χ3v) is 2.79. The highest BCUT2D eigenvalue weighted by atomic mass is 16.5. The molecule has 16 heavy (non-hydrogen) atoms. The Hall–Kier alpha value is -0.860. The fraction of sp³-hybridized carbons (Fsp3) is 0.571. The molecule has 0 saturated heterocycles. The quantitative estimate of drug-likeness (QED) is 0.763. The maximum Gasteiger partial charge on any atom is 0.0616 e. The number of hydrogen-bond donors (Lipinski definition) is 1. The Morgan fingerprint density at radius 3 is 2.50 bits per heavy atom.